The molecule has 0 aliphatic carbocycles. The largest absolute Gasteiger partial charge is 0.148 e. The molecule has 0 nitrogen and oxygen atoms in total. The van der Waals surface area contributed by atoms with Crippen LogP contribution in [-0.2, 0) is 0 Å². The van der Waals surface area contributed by atoms with Gasteiger partial charge in [0.2, 0.25) is 0 Å². The standard InChI is InChI=1S/C17H22S/c1-11(2)14-6-13(5)7-15(8-14)16-9-17(12(3)4)18-10-16/h6-12H,1-5H3. The van der Waals surface area contributed by atoms with Crippen molar-refractivity contribution < 1.29 is 0 Å². The number of thiophene rings is 1. The average molecular weight is 258 g/mol. The quantitative estimate of drug-likeness (QED) is 0.636. The van der Waals surface area contributed by atoms with Gasteiger partial charge in [0.05, 0.1) is 0 Å². The lowest BCUT2D eigenvalue weighted by atomic mass is 9.96. The van der Waals surface area contributed by atoms with Crippen LogP contribution in [0.4, 0.5) is 0 Å². The van der Waals surface area contributed by atoms with Crippen molar-refractivity contribution in [1.82, 2.24) is 0 Å². The van der Waals surface area contributed by atoms with Crippen molar-refractivity contribution in [2.75, 3.05) is 0 Å². The third kappa shape index (κ3) is 2.84. The molecule has 0 radical (unpaired) electrons. The Balaban J connectivity index is 2.43. The van der Waals surface area contributed by atoms with Crippen LogP contribution in [0.5, 0.6) is 0 Å². The van der Waals surface area contributed by atoms with Crippen LogP contribution in [0.3, 0.4) is 0 Å². The molecule has 96 valence electrons. The fourth-order valence-corrected chi connectivity index (χ4v) is 3.05. The highest BCUT2D eigenvalue weighted by Gasteiger charge is 2.08. The van der Waals surface area contributed by atoms with Crippen LogP contribution in [0.2, 0.25) is 0 Å². The summed E-state index contributed by atoms with van der Waals surface area (Å²) in [5.74, 6) is 1.21. The molecule has 0 fully saturated rings. The summed E-state index contributed by atoms with van der Waals surface area (Å²) in [4.78, 5) is 1.47. The van der Waals surface area contributed by atoms with E-state index in [2.05, 4.69) is 64.3 Å². The molecule has 2 aromatic rings. The highest BCUT2D eigenvalue weighted by atomic mass is 32.1. The van der Waals surface area contributed by atoms with E-state index in [9.17, 15) is 0 Å². The minimum Gasteiger partial charge on any atom is -0.148 e. The van der Waals surface area contributed by atoms with E-state index in [1.807, 2.05) is 11.3 Å². The second-order valence-electron chi connectivity index (χ2n) is 5.68. The summed E-state index contributed by atoms with van der Waals surface area (Å²) in [6.45, 7) is 11.2. The van der Waals surface area contributed by atoms with Crippen LogP contribution in [0.1, 0.15) is 55.5 Å². The molecule has 2 rings (SSSR count). The maximum atomic E-state index is 2.34. The van der Waals surface area contributed by atoms with E-state index >= 15 is 0 Å². The smallest absolute Gasteiger partial charge is 0.00770 e. The van der Waals surface area contributed by atoms with Crippen molar-refractivity contribution in [3.05, 3.63) is 45.6 Å². The molecule has 0 aliphatic heterocycles. The van der Waals surface area contributed by atoms with Gasteiger partial charge < -0.3 is 0 Å². The molecule has 0 bridgehead atoms. The Hall–Kier alpha value is -1.08. The van der Waals surface area contributed by atoms with Crippen molar-refractivity contribution in [2.24, 2.45) is 0 Å². The second-order valence-corrected chi connectivity index (χ2v) is 6.62. The van der Waals surface area contributed by atoms with E-state index in [-0.39, 0.29) is 0 Å². The van der Waals surface area contributed by atoms with Crippen molar-refractivity contribution in [3.63, 3.8) is 0 Å². The van der Waals surface area contributed by atoms with Gasteiger partial charge in [-0.3, -0.25) is 0 Å². The predicted molar refractivity (Wildman–Crippen MR) is 82.7 cm³/mol. The summed E-state index contributed by atoms with van der Waals surface area (Å²) >= 11 is 1.87. The SMILES string of the molecule is Cc1cc(-c2csc(C(C)C)c2)cc(C(C)C)c1. The van der Waals surface area contributed by atoms with Crippen LogP contribution in [0.25, 0.3) is 11.1 Å². The number of hydrogen-bond acceptors (Lipinski definition) is 1. The fourth-order valence-electron chi connectivity index (χ4n) is 2.12. The van der Waals surface area contributed by atoms with Gasteiger partial charge in [0.1, 0.15) is 0 Å². The average Bonchev–Trinajstić information content (AvgIpc) is 2.77. The van der Waals surface area contributed by atoms with E-state index in [0.29, 0.717) is 11.8 Å². The zero-order valence-electron chi connectivity index (χ0n) is 11.9. The molecule has 1 aromatic carbocycles. The Kier molecular flexibility index (Phi) is 3.91. The summed E-state index contributed by atoms with van der Waals surface area (Å²) in [6, 6.07) is 9.26. The second kappa shape index (κ2) is 5.27. The molecule has 1 heterocycles. The minimum absolute atomic E-state index is 0.590. The van der Waals surface area contributed by atoms with Gasteiger partial charge in [-0.2, -0.15) is 0 Å². The van der Waals surface area contributed by atoms with E-state index in [1.54, 1.807) is 0 Å². The molecule has 0 amide bonds. The van der Waals surface area contributed by atoms with Gasteiger partial charge in [0.15, 0.2) is 0 Å². The monoisotopic (exact) mass is 258 g/mol. The van der Waals surface area contributed by atoms with Gasteiger partial charge in [-0.25, -0.2) is 0 Å². The molecular weight excluding hydrogens is 236 g/mol. The van der Waals surface area contributed by atoms with E-state index in [0.717, 1.165) is 0 Å². The van der Waals surface area contributed by atoms with Crippen LogP contribution in [0, 0.1) is 6.92 Å². The molecule has 0 N–H and O–H groups in total. The Morgan fingerprint density at radius 2 is 1.56 bits per heavy atom. The Morgan fingerprint density at radius 3 is 2.11 bits per heavy atom. The summed E-state index contributed by atoms with van der Waals surface area (Å²) in [5.41, 5.74) is 5.52. The molecule has 0 saturated heterocycles. The summed E-state index contributed by atoms with van der Waals surface area (Å²) in [6.07, 6.45) is 0. The Labute approximate surface area is 115 Å². The zero-order chi connectivity index (χ0) is 13.3. The highest BCUT2D eigenvalue weighted by molar-refractivity contribution is 7.10. The fraction of sp³-hybridized carbons (Fsp3) is 0.412. The lowest BCUT2D eigenvalue weighted by Crippen LogP contribution is -1.89. The van der Waals surface area contributed by atoms with E-state index in [4.69, 9.17) is 0 Å². The summed E-state index contributed by atoms with van der Waals surface area (Å²) in [5, 5.41) is 2.29. The van der Waals surface area contributed by atoms with Crippen LogP contribution < -0.4 is 0 Å². The molecule has 1 heteroatoms. The third-order valence-corrected chi connectivity index (χ3v) is 4.52. The van der Waals surface area contributed by atoms with Crippen molar-refractivity contribution in [3.8, 4) is 11.1 Å². The topological polar surface area (TPSA) is 0 Å². The van der Waals surface area contributed by atoms with E-state index in [1.165, 1.54) is 27.1 Å². The minimum atomic E-state index is 0.590. The van der Waals surface area contributed by atoms with Gasteiger partial charge in [-0.15, -0.1) is 11.3 Å². The molecule has 0 aliphatic rings. The Bertz CT molecular complexity index is 532. The normalized spacial score (nSPS) is 11.5. The highest BCUT2D eigenvalue weighted by Crippen LogP contribution is 2.32. The third-order valence-electron chi connectivity index (χ3n) is 3.29. The Morgan fingerprint density at radius 1 is 0.833 bits per heavy atom. The van der Waals surface area contributed by atoms with E-state index < -0.39 is 0 Å². The van der Waals surface area contributed by atoms with Gasteiger partial charge in [-0.05, 0) is 46.9 Å². The van der Waals surface area contributed by atoms with Gasteiger partial charge in [0, 0.05) is 4.88 Å². The first-order valence-corrected chi connectivity index (χ1v) is 7.55. The van der Waals surface area contributed by atoms with Gasteiger partial charge >= 0.3 is 0 Å². The van der Waals surface area contributed by atoms with Crippen LogP contribution in [0.15, 0.2) is 29.6 Å². The first-order chi connectivity index (χ1) is 8.47. The lowest BCUT2D eigenvalue weighted by molar-refractivity contribution is 0.865. The first-order valence-electron chi connectivity index (χ1n) is 6.67. The number of benzene rings is 1. The predicted octanol–water partition coefficient (Wildman–Crippen LogP) is 5.97. The summed E-state index contributed by atoms with van der Waals surface area (Å²) < 4.78 is 0. The molecular formula is C17H22S. The van der Waals surface area contributed by atoms with Crippen molar-refractivity contribution >= 4 is 11.3 Å². The maximum absolute atomic E-state index is 2.34. The molecule has 1 aromatic heterocycles. The van der Waals surface area contributed by atoms with Gasteiger partial charge in [-0.1, -0.05) is 51.5 Å². The van der Waals surface area contributed by atoms with Crippen molar-refractivity contribution in [1.29, 1.82) is 0 Å². The number of hydrogen-bond donors (Lipinski definition) is 0. The molecule has 0 unspecified atom stereocenters. The molecule has 0 spiro atoms. The molecule has 0 saturated carbocycles. The number of aryl methyl sites for hydroxylation is 1. The number of rotatable bonds is 3. The van der Waals surface area contributed by atoms with Crippen LogP contribution in [-0.4, -0.2) is 0 Å². The van der Waals surface area contributed by atoms with Gasteiger partial charge in [0.25, 0.3) is 0 Å². The molecule has 0 atom stereocenters. The van der Waals surface area contributed by atoms with Crippen LogP contribution >= 0.6 is 11.3 Å². The lowest BCUT2D eigenvalue weighted by Gasteiger charge is -2.09. The van der Waals surface area contributed by atoms with Crippen molar-refractivity contribution in [2.45, 2.75) is 46.5 Å². The first kappa shape index (κ1) is 13.4. The molecule has 18 heavy (non-hydrogen) atoms. The summed E-state index contributed by atoms with van der Waals surface area (Å²) in [7, 11) is 0. The zero-order valence-corrected chi connectivity index (χ0v) is 12.8. The maximum Gasteiger partial charge on any atom is 0.00770 e.